The van der Waals surface area contributed by atoms with Crippen LogP contribution >= 0.6 is 0 Å². The second kappa shape index (κ2) is 2.49. The molecule has 1 aliphatic rings. The number of nitrogens with zero attached hydrogens (tertiary/aromatic N) is 3. The van der Waals surface area contributed by atoms with Crippen LogP contribution in [0.15, 0.2) is 29.5 Å². The maximum Gasteiger partial charge on any atom is 0.391 e. The van der Waals surface area contributed by atoms with Crippen LogP contribution in [0.25, 0.3) is 0 Å². The minimum atomic E-state index is 0.498. The largest absolute Gasteiger partial charge is 0.391 e. The molecule has 1 radical (unpaired) electrons. The third-order valence-corrected chi connectivity index (χ3v) is 1.27. The lowest BCUT2D eigenvalue weighted by Crippen LogP contribution is -2.02. The van der Waals surface area contributed by atoms with Crippen molar-refractivity contribution in [3.8, 4) is 0 Å². The Kier molecular flexibility index (Phi) is 1.37. The number of aromatic nitrogens is 1. The van der Waals surface area contributed by atoms with E-state index in [1.807, 2.05) is 12.1 Å². The monoisotopic (exact) mass is 147 g/mol. The predicted molar refractivity (Wildman–Crippen MR) is 40.1 cm³/mol. The molecule has 0 N–H and O–H groups in total. The third-order valence-electron chi connectivity index (χ3n) is 1.27. The molecule has 4 heteroatoms. The van der Waals surface area contributed by atoms with Crippen molar-refractivity contribution >= 4 is 12.2 Å². The summed E-state index contributed by atoms with van der Waals surface area (Å²) in [6.45, 7) is 0. The number of rotatable bonds is 1. The number of hydrogen-bond acceptors (Lipinski definition) is 4. The number of aliphatic imine (C=N–C) groups is 1. The second-order valence-electron chi connectivity index (χ2n) is 1.99. The van der Waals surface area contributed by atoms with Crippen LogP contribution < -0.4 is 5.16 Å². The van der Waals surface area contributed by atoms with Crippen molar-refractivity contribution in [2.24, 2.45) is 4.99 Å². The zero-order chi connectivity index (χ0) is 7.52. The molecule has 1 aromatic rings. The molecule has 1 aromatic heterocycles. The molecule has 1 aliphatic heterocycles. The fourth-order valence-electron chi connectivity index (χ4n) is 0.790. The molecule has 0 amide bonds. The Morgan fingerprint density at radius 1 is 1.45 bits per heavy atom. The van der Waals surface area contributed by atoms with Crippen molar-refractivity contribution in [1.29, 1.82) is 0 Å². The van der Waals surface area contributed by atoms with Gasteiger partial charge in [0, 0.05) is 17.4 Å². The molecule has 0 fully saturated rings. The standard InChI is InChI=1S/C7H5N3O/c1-2-6(4-8-3-1)7-9-5-10-11-7/h1-5H/q+1. The van der Waals surface area contributed by atoms with Gasteiger partial charge < -0.3 is 0 Å². The number of pyridine rings is 1. The average molecular weight is 147 g/mol. The highest BCUT2D eigenvalue weighted by molar-refractivity contribution is 5.99. The first-order valence-electron chi connectivity index (χ1n) is 3.14. The summed E-state index contributed by atoms with van der Waals surface area (Å²) >= 11 is 0. The highest BCUT2D eigenvalue weighted by Crippen LogP contribution is 2.00. The Bertz CT molecular complexity index is 305. The van der Waals surface area contributed by atoms with Gasteiger partial charge in [-0.05, 0) is 12.1 Å². The zero-order valence-electron chi connectivity index (χ0n) is 5.64. The lowest BCUT2D eigenvalue weighted by atomic mass is 10.3. The van der Waals surface area contributed by atoms with Crippen LogP contribution in [-0.2, 0) is 4.84 Å². The van der Waals surface area contributed by atoms with Gasteiger partial charge in [-0.15, -0.1) is 0 Å². The van der Waals surface area contributed by atoms with Crippen LogP contribution in [0.1, 0.15) is 5.56 Å². The van der Waals surface area contributed by atoms with Crippen LogP contribution in [0.5, 0.6) is 0 Å². The minimum absolute atomic E-state index is 0.498. The van der Waals surface area contributed by atoms with Crippen LogP contribution in [-0.4, -0.2) is 17.2 Å². The Balaban J connectivity index is 2.31. The van der Waals surface area contributed by atoms with Gasteiger partial charge in [0.05, 0.1) is 5.56 Å². The summed E-state index contributed by atoms with van der Waals surface area (Å²) in [7, 11) is 0. The molecule has 0 atom stereocenters. The topological polar surface area (TPSA) is 48.6 Å². The van der Waals surface area contributed by atoms with E-state index in [0.717, 1.165) is 5.56 Å². The molecule has 0 aliphatic carbocycles. The van der Waals surface area contributed by atoms with E-state index in [4.69, 9.17) is 4.84 Å². The summed E-state index contributed by atoms with van der Waals surface area (Å²) < 4.78 is 0. The first-order chi connectivity index (χ1) is 5.47. The quantitative estimate of drug-likeness (QED) is 0.567. The fraction of sp³-hybridized carbons (Fsp3) is 0. The van der Waals surface area contributed by atoms with Crippen molar-refractivity contribution in [2.75, 3.05) is 0 Å². The van der Waals surface area contributed by atoms with Gasteiger partial charge in [-0.2, -0.15) is 0 Å². The zero-order valence-corrected chi connectivity index (χ0v) is 5.64. The van der Waals surface area contributed by atoms with Crippen LogP contribution in [0.3, 0.4) is 0 Å². The molecule has 0 spiro atoms. The summed E-state index contributed by atoms with van der Waals surface area (Å²) in [6.07, 6.45) is 4.73. The van der Waals surface area contributed by atoms with Gasteiger partial charge in [-0.3, -0.25) is 4.98 Å². The first-order valence-corrected chi connectivity index (χ1v) is 3.14. The Morgan fingerprint density at radius 3 is 3.09 bits per heavy atom. The molecule has 2 rings (SSSR count). The average Bonchev–Trinajstić information content (AvgIpc) is 2.58. The number of hydrogen-bond donors (Lipinski definition) is 0. The molecular weight excluding hydrogens is 142 g/mol. The highest BCUT2D eigenvalue weighted by atomic mass is 16.6. The van der Waals surface area contributed by atoms with E-state index in [9.17, 15) is 0 Å². The number of oxime groups is 1. The van der Waals surface area contributed by atoms with E-state index < -0.39 is 0 Å². The third kappa shape index (κ3) is 1.10. The molecule has 11 heavy (non-hydrogen) atoms. The first kappa shape index (κ1) is 6.03. The van der Waals surface area contributed by atoms with Gasteiger partial charge >= 0.3 is 12.2 Å². The maximum absolute atomic E-state index is 4.82. The smallest absolute Gasteiger partial charge is 0.264 e. The predicted octanol–water partition coefficient (Wildman–Crippen LogP) is 0.138. The van der Waals surface area contributed by atoms with Crippen LogP contribution in [0, 0.1) is 0 Å². The molecule has 0 aromatic carbocycles. The summed E-state index contributed by atoms with van der Waals surface area (Å²) in [5.74, 6) is 0.498. The van der Waals surface area contributed by atoms with Crippen LogP contribution in [0.2, 0.25) is 0 Å². The van der Waals surface area contributed by atoms with Crippen molar-refractivity contribution in [3.05, 3.63) is 30.1 Å². The van der Waals surface area contributed by atoms with Gasteiger partial charge in [-0.25, -0.2) is 4.84 Å². The molecule has 0 saturated carbocycles. The lowest BCUT2D eigenvalue weighted by Gasteiger charge is -1.88. The van der Waals surface area contributed by atoms with Gasteiger partial charge in [0.15, 0.2) is 5.16 Å². The highest BCUT2D eigenvalue weighted by Gasteiger charge is 2.17. The van der Waals surface area contributed by atoms with Gasteiger partial charge in [0.25, 0.3) is 0 Å². The van der Waals surface area contributed by atoms with Crippen molar-refractivity contribution in [2.45, 2.75) is 0 Å². The molecule has 2 heterocycles. The van der Waals surface area contributed by atoms with Crippen LogP contribution in [0.4, 0.5) is 0 Å². The molecule has 0 bridgehead atoms. The fourth-order valence-corrected chi connectivity index (χ4v) is 0.790. The second-order valence-corrected chi connectivity index (χ2v) is 1.99. The SMILES string of the molecule is C1=[N+]OC(c2cccnc2)=N1. The molecule has 53 valence electrons. The molecule has 4 nitrogen and oxygen atoms in total. The van der Waals surface area contributed by atoms with Gasteiger partial charge in [0.1, 0.15) is 0 Å². The Labute approximate surface area is 63.2 Å². The van der Waals surface area contributed by atoms with E-state index in [1.165, 1.54) is 6.34 Å². The Morgan fingerprint density at radius 2 is 2.45 bits per heavy atom. The summed E-state index contributed by atoms with van der Waals surface area (Å²) in [5, 5.41) is 3.48. The van der Waals surface area contributed by atoms with Gasteiger partial charge in [0.2, 0.25) is 0 Å². The lowest BCUT2D eigenvalue weighted by molar-refractivity contribution is 0.281. The van der Waals surface area contributed by atoms with E-state index in [1.54, 1.807) is 12.4 Å². The normalized spacial score (nSPS) is 14.4. The Hall–Kier alpha value is -1.71. The van der Waals surface area contributed by atoms with Crippen molar-refractivity contribution < 1.29 is 4.84 Å². The van der Waals surface area contributed by atoms with E-state index >= 15 is 0 Å². The summed E-state index contributed by atoms with van der Waals surface area (Å²) in [4.78, 5) is 12.6. The molecule has 0 saturated heterocycles. The van der Waals surface area contributed by atoms with E-state index in [2.05, 4.69) is 15.1 Å². The summed E-state index contributed by atoms with van der Waals surface area (Å²) in [5.41, 5.74) is 0.838. The molecule has 0 unspecified atom stereocenters. The van der Waals surface area contributed by atoms with Crippen molar-refractivity contribution in [1.82, 2.24) is 10.1 Å². The molecular formula is C7H5N3O+. The minimum Gasteiger partial charge on any atom is -0.264 e. The van der Waals surface area contributed by atoms with E-state index in [0.29, 0.717) is 5.90 Å². The maximum atomic E-state index is 4.82. The van der Waals surface area contributed by atoms with Crippen molar-refractivity contribution in [3.63, 3.8) is 0 Å². The summed E-state index contributed by atoms with van der Waals surface area (Å²) in [6, 6.07) is 3.68. The van der Waals surface area contributed by atoms with E-state index in [-0.39, 0.29) is 0 Å². The van der Waals surface area contributed by atoms with Gasteiger partial charge in [-0.1, -0.05) is 0 Å².